The first-order chi connectivity index (χ1) is 9.26. The summed E-state index contributed by atoms with van der Waals surface area (Å²) in [5, 5.41) is 4.38. The molecule has 19 heavy (non-hydrogen) atoms. The molecule has 1 unspecified atom stereocenters. The fourth-order valence-corrected chi connectivity index (χ4v) is 3.34. The number of nitrogens with zero attached hydrogens (tertiary/aromatic N) is 2. The maximum absolute atomic E-state index is 12.2. The van der Waals surface area contributed by atoms with Crippen molar-refractivity contribution < 1.29 is 8.95 Å². The molecular formula is C12H11N3O2S2. The van der Waals surface area contributed by atoms with E-state index in [9.17, 15) is 4.21 Å². The molecule has 0 fully saturated rings. The molecule has 0 aliphatic rings. The van der Waals surface area contributed by atoms with Crippen molar-refractivity contribution in [2.75, 3.05) is 7.11 Å². The molecule has 3 rings (SSSR count). The molecule has 0 radical (unpaired) electrons. The minimum Gasteiger partial charge on any atom is -0.495 e. The highest BCUT2D eigenvalue weighted by Crippen LogP contribution is 2.19. The van der Waals surface area contributed by atoms with E-state index in [0.29, 0.717) is 16.7 Å². The number of hydrogen-bond acceptors (Lipinski definition) is 5. The van der Waals surface area contributed by atoms with Crippen LogP contribution < -0.4 is 4.74 Å². The summed E-state index contributed by atoms with van der Waals surface area (Å²) < 4.78 is 17.2. The van der Waals surface area contributed by atoms with E-state index in [0.717, 1.165) is 16.7 Å². The van der Waals surface area contributed by atoms with E-state index in [-0.39, 0.29) is 0 Å². The second-order valence-corrected chi connectivity index (χ2v) is 6.00. The average molecular weight is 293 g/mol. The first kappa shape index (κ1) is 12.3. The fourth-order valence-electron chi connectivity index (χ4n) is 1.65. The van der Waals surface area contributed by atoms with Gasteiger partial charge in [-0.1, -0.05) is 0 Å². The van der Waals surface area contributed by atoms with Gasteiger partial charge in [0, 0.05) is 10.8 Å². The van der Waals surface area contributed by atoms with E-state index in [1.54, 1.807) is 30.7 Å². The number of hydrogen-bond donors (Lipinski definition) is 1. The van der Waals surface area contributed by atoms with Crippen LogP contribution in [0.25, 0.3) is 11.0 Å². The van der Waals surface area contributed by atoms with Crippen LogP contribution >= 0.6 is 11.3 Å². The highest BCUT2D eigenvalue weighted by atomic mass is 32.2. The molecule has 0 saturated heterocycles. The van der Waals surface area contributed by atoms with Crippen LogP contribution in [0.15, 0.2) is 34.2 Å². The zero-order chi connectivity index (χ0) is 13.2. The lowest BCUT2D eigenvalue weighted by Crippen LogP contribution is -2.00. The average Bonchev–Trinajstić information content (AvgIpc) is 3.00. The molecule has 0 spiro atoms. The number of rotatable bonds is 4. The van der Waals surface area contributed by atoms with Crippen LogP contribution in [0.4, 0.5) is 0 Å². The van der Waals surface area contributed by atoms with Crippen molar-refractivity contribution >= 4 is 33.2 Å². The number of aromatic nitrogens is 3. The molecule has 1 N–H and O–H groups in total. The predicted octanol–water partition coefficient (Wildman–Crippen LogP) is 2.34. The smallest absolute Gasteiger partial charge is 0.197 e. The number of H-pyrrole nitrogens is 1. The van der Waals surface area contributed by atoms with Gasteiger partial charge in [0.2, 0.25) is 0 Å². The molecule has 1 atom stereocenters. The van der Waals surface area contributed by atoms with Gasteiger partial charge in [-0.2, -0.15) is 0 Å². The van der Waals surface area contributed by atoms with Crippen LogP contribution in [-0.2, 0) is 16.6 Å². The van der Waals surface area contributed by atoms with E-state index < -0.39 is 10.8 Å². The van der Waals surface area contributed by atoms with Gasteiger partial charge in [-0.05, 0) is 12.1 Å². The molecule has 3 heterocycles. The number of imidazole rings is 1. The second-order valence-electron chi connectivity index (χ2n) is 3.89. The summed E-state index contributed by atoms with van der Waals surface area (Å²) in [4.78, 5) is 11.6. The molecule has 0 aromatic carbocycles. The number of methoxy groups -OCH3 is 1. The number of pyridine rings is 1. The summed E-state index contributed by atoms with van der Waals surface area (Å²) in [5.41, 5.74) is 2.53. The summed E-state index contributed by atoms with van der Waals surface area (Å²) in [6.45, 7) is 0. The van der Waals surface area contributed by atoms with Crippen LogP contribution in [0, 0.1) is 0 Å². The first-order valence-corrected chi connectivity index (χ1v) is 7.81. The monoisotopic (exact) mass is 293 g/mol. The van der Waals surface area contributed by atoms with Crippen molar-refractivity contribution in [3.63, 3.8) is 0 Å². The predicted molar refractivity (Wildman–Crippen MR) is 74.9 cm³/mol. The van der Waals surface area contributed by atoms with Crippen molar-refractivity contribution in [3.05, 3.63) is 34.8 Å². The lowest BCUT2D eigenvalue weighted by molar-refractivity contribution is 0.412. The van der Waals surface area contributed by atoms with Gasteiger partial charge in [0.25, 0.3) is 0 Å². The first-order valence-electron chi connectivity index (χ1n) is 5.55. The van der Waals surface area contributed by atoms with Gasteiger partial charge in [-0.15, -0.1) is 11.3 Å². The number of fused-ring (bicyclic) bond motifs is 1. The van der Waals surface area contributed by atoms with Crippen molar-refractivity contribution in [1.29, 1.82) is 0 Å². The van der Waals surface area contributed by atoms with Gasteiger partial charge in [0.1, 0.15) is 11.3 Å². The summed E-state index contributed by atoms with van der Waals surface area (Å²) >= 11 is 1.57. The lowest BCUT2D eigenvalue weighted by atomic mass is 10.4. The third-order valence-electron chi connectivity index (χ3n) is 2.63. The van der Waals surface area contributed by atoms with E-state index in [2.05, 4.69) is 15.0 Å². The standard InChI is InChI=1S/C12H11N3O2S2/c1-17-9-3-2-8(13-4-9)7-19(16)12-14-10-5-18-6-11(10)15-12/h2-6H,7H2,1H3,(H,14,15). The normalized spacial score (nSPS) is 12.7. The van der Waals surface area contributed by atoms with Gasteiger partial charge in [-0.25, -0.2) is 4.98 Å². The Labute approximate surface area is 116 Å². The van der Waals surface area contributed by atoms with E-state index >= 15 is 0 Å². The molecular weight excluding hydrogens is 282 g/mol. The zero-order valence-corrected chi connectivity index (χ0v) is 11.8. The minimum atomic E-state index is -1.22. The Morgan fingerprint density at radius 2 is 2.32 bits per heavy atom. The summed E-state index contributed by atoms with van der Waals surface area (Å²) in [6.07, 6.45) is 1.62. The van der Waals surface area contributed by atoms with Crippen LogP contribution in [0.3, 0.4) is 0 Å². The summed E-state index contributed by atoms with van der Waals surface area (Å²) in [6, 6.07) is 3.61. The van der Waals surface area contributed by atoms with E-state index in [1.807, 2.05) is 16.8 Å². The largest absolute Gasteiger partial charge is 0.495 e. The van der Waals surface area contributed by atoms with Gasteiger partial charge < -0.3 is 9.72 Å². The van der Waals surface area contributed by atoms with Crippen molar-refractivity contribution in [3.8, 4) is 5.75 Å². The molecule has 0 aliphatic heterocycles. The van der Waals surface area contributed by atoms with Crippen molar-refractivity contribution in [1.82, 2.24) is 15.0 Å². The topological polar surface area (TPSA) is 67.9 Å². The number of nitrogens with one attached hydrogen (secondary N) is 1. The maximum Gasteiger partial charge on any atom is 0.197 e. The molecule has 0 saturated carbocycles. The Morgan fingerprint density at radius 3 is 3.00 bits per heavy atom. The zero-order valence-electron chi connectivity index (χ0n) is 10.1. The van der Waals surface area contributed by atoms with E-state index in [1.165, 1.54) is 0 Å². The Kier molecular flexibility index (Phi) is 3.31. The molecule has 5 nitrogen and oxygen atoms in total. The molecule has 0 bridgehead atoms. The maximum atomic E-state index is 12.2. The molecule has 3 aromatic rings. The SMILES string of the molecule is COc1ccc(CS(=O)c2nc3cscc3[nH]2)nc1. The van der Waals surface area contributed by atoms with Gasteiger partial charge in [-0.3, -0.25) is 9.19 Å². The number of thiophene rings is 1. The fraction of sp³-hybridized carbons (Fsp3) is 0.167. The lowest BCUT2D eigenvalue weighted by Gasteiger charge is -2.01. The van der Waals surface area contributed by atoms with Gasteiger partial charge in [0.05, 0.1) is 41.1 Å². The molecule has 3 aromatic heterocycles. The molecule has 0 amide bonds. The van der Waals surface area contributed by atoms with Crippen LogP contribution in [0.1, 0.15) is 5.69 Å². The molecule has 7 heteroatoms. The highest BCUT2D eigenvalue weighted by molar-refractivity contribution is 7.84. The Bertz CT molecular complexity index is 689. The van der Waals surface area contributed by atoms with Gasteiger partial charge >= 0.3 is 0 Å². The summed E-state index contributed by atoms with van der Waals surface area (Å²) in [7, 11) is 0.368. The van der Waals surface area contributed by atoms with Crippen molar-refractivity contribution in [2.24, 2.45) is 0 Å². The molecule has 0 aliphatic carbocycles. The van der Waals surface area contributed by atoms with Crippen LogP contribution in [0.2, 0.25) is 0 Å². The van der Waals surface area contributed by atoms with E-state index in [4.69, 9.17) is 4.74 Å². The third kappa shape index (κ3) is 2.52. The second kappa shape index (κ2) is 5.10. The Balaban J connectivity index is 1.78. The van der Waals surface area contributed by atoms with Crippen molar-refractivity contribution in [2.45, 2.75) is 10.9 Å². The number of ether oxygens (including phenoxy) is 1. The van der Waals surface area contributed by atoms with Crippen LogP contribution in [-0.4, -0.2) is 26.3 Å². The number of aromatic amines is 1. The van der Waals surface area contributed by atoms with Crippen LogP contribution in [0.5, 0.6) is 5.75 Å². The summed E-state index contributed by atoms with van der Waals surface area (Å²) in [5.74, 6) is 1.02. The van der Waals surface area contributed by atoms with Gasteiger partial charge in [0.15, 0.2) is 5.16 Å². The minimum absolute atomic E-state index is 0.337. The third-order valence-corrected chi connectivity index (χ3v) is 4.55. The Hall–Kier alpha value is -1.73. The quantitative estimate of drug-likeness (QED) is 0.801. The highest BCUT2D eigenvalue weighted by Gasteiger charge is 2.11. The Morgan fingerprint density at radius 1 is 1.42 bits per heavy atom. The molecule has 98 valence electrons.